The fourth-order valence-electron chi connectivity index (χ4n) is 2.59. The molecule has 0 saturated heterocycles. The zero-order valence-corrected chi connectivity index (χ0v) is 16.0. The van der Waals surface area contributed by atoms with Gasteiger partial charge >= 0.3 is 6.36 Å². The number of hydrogen-bond acceptors (Lipinski definition) is 2. The molecule has 150 valence electrons. The molecule has 0 aromatic heterocycles. The average Bonchev–Trinajstić information content (AvgIpc) is 2.66. The third kappa shape index (κ3) is 8.85. The van der Waals surface area contributed by atoms with Crippen LogP contribution in [0.25, 0.3) is 0 Å². The predicted molar refractivity (Wildman–Crippen MR) is 104 cm³/mol. The van der Waals surface area contributed by atoms with Crippen molar-refractivity contribution in [1.82, 2.24) is 0 Å². The Balaban J connectivity index is 1.78. The highest BCUT2D eigenvalue weighted by Gasteiger charge is 2.30. The van der Waals surface area contributed by atoms with Gasteiger partial charge in [0.1, 0.15) is 11.5 Å². The van der Waals surface area contributed by atoms with Crippen molar-refractivity contribution in [3.8, 4) is 23.3 Å². The molecular weight excluding hydrogens is 365 g/mol. The molecular formula is C23H25F3O2. The second kappa shape index (κ2) is 11.3. The van der Waals surface area contributed by atoms with E-state index in [1.54, 1.807) is 0 Å². The van der Waals surface area contributed by atoms with Gasteiger partial charge in [-0.05, 0) is 55.0 Å². The Labute approximate surface area is 164 Å². The quantitative estimate of drug-likeness (QED) is 0.349. The molecule has 2 rings (SSSR count). The van der Waals surface area contributed by atoms with E-state index in [2.05, 4.69) is 23.5 Å². The number of alkyl halides is 3. The van der Waals surface area contributed by atoms with Gasteiger partial charge in [0, 0.05) is 11.1 Å². The Bertz CT molecular complexity index is 754. The highest BCUT2D eigenvalue weighted by molar-refractivity contribution is 5.45. The van der Waals surface area contributed by atoms with E-state index in [0.29, 0.717) is 12.2 Å². The lowest BCUT2D eigenvalue weighted by Crippen LogP contribution is -2.16. The molecule has 0 aliphatic rings. The van der Waals surface area contributed by atoms with E-state index in [9.17, 15) is 13.2 Å². The van der Waals surface area contributed by atoms with Gasteiger partial charge in [-0.2, -0.15) is 0 Å². The number of benzene rings is 2. The van der Waals surface area contributed by atoms with Gasteiger partial charge in [-0.1, -0.05) is 50.9 Å². The molecule has 0 amide bonds. The van der Waals surface area contributed by atoms with Gasteiger partial charge in [-0.3, -0.25) is 0 Å². The van der Waals surface area contributed by atoms with Gasteiger partial charge in [0.15, 0.2) is 0 Å². The van der Waals surface area contributed by atoms with Gasteiger partial charge in [0.25, 0.3) is 0 Å². The van der Waals surface area contributed by atoms with Crippen LogP contribution >= 0.6 is 0 Å². The maximum Gasteiger partial charge on any atom is 0.573 e. The van der Waals surface area contributed by atoms with Crippen LogP contribution in [-0.2, 0) is 0 Å². The first-order valence-electron chi connectivity index (χ1n) is 9.57. The Kier molecular flexibility index (Phi) is 8.74. The van der Waals surface area contributed by atoms with Crippen LogP contribution in [0.15, 0.2) is 48.5 Å². The zero-order valence-electron chi connectivity index (χ0n) is 16.0. The van der Waals surface area contributed by atoms with Crippen molar-refractivity contribution >= 4 is 0 Å². The molecule has 0 aliphatic heterocycles. The molecule has 0 radical (unpaired) electrons. The van der Waals surface area contributed by atoms with E-state index in [1.807, 2.05) is 24.3 Å². The highest BCUT2D eigenvalue weighted by Crippen LogP contribution is 2.22. The summed E-state index contributed by atoms with van der Waals surface area (Å²) in [6, 6.07) is 13.0. The Morgan fingerprint density at radius 2 is 1.21 bits per heavy atom. The monoisotopic (exact) mass is 390 g/mol. The lowest BCUT2D eigenvalue weighted by atomic mass is 10.1. The third-order valence-corrected chi connectivity index (χ3v) is 4.06. The van der Waals surface area contributed by atoms with E-state index in [4.69, 9.17) is 4.74 Å². The summed E-state index contributed by atoms with van der Waals surface area (Å²) >= 11 is 0. The molecule has 0 atom stereocenters. The van der Waals surface area contributed by atoms with E-state index in [0.717, 1.165) is 17.7 Å². The van der Waals surface area contributed by atoms with Crippen LogP contribution < -0.4 is 9.47 Å². The predicted octanol–water partition coefficient (Wildman–Crippen LogP) is 6.72. The standard InChI is InChI=1S/C23H25F3O2/c1-2-3-4-5-6-7-18-27-21-14-10-19(11-15-21)8-9-20-12-16-22(17-13-20)28-23(24,25)26/h10-17H,2-7,18H2,1H3. The second-order valence-corrected chi connectivity index (χ2v) is 6.46. The Morgan fingerprint density at radius 3 is 1.75 bits per heavy atom. The van der Waals surface area contributed by atoms with Crippen LogP contribution in [0.1, 0.15) is 56.6 Å². The smallest absolute Gasteiger partial charge is 0.494 e. The van der Waals surface area contributed by atoms with Crippen LogP contribution in [-0.4, -0.2) is 13.0 Å². The van der Waals surface area contributed by atoms with E-state index >= 15 is 0 Å². The number of ether oxygens (including phenoxy) is 2. The van der Waals surface area contributed by atoms with Crippen molar-refractivity contribution < 1.29 is 22.6 Å². The third-order valence-electron chi connectivity index (χ3n) is 4.06. The Hall–Kier alpha value is -2.61. The summed E-state index contributed by atoms with van der Waals surface area (Å²) in [5.74, 6) is 6.46. The molecule has 0 saturated carbocycles. The van der Waals surface area contributed by atoms with Crippen LogP contribution in [0.3, 0.4) is 0 Å². The van der Waals surface area contributed by atoms with E-state index in [1.165, 1.54) is 56.4 Å². The summed E-state index contributed by atoms with van der Waals surface area (Å²) in [6.45, 7) is 2.92. The number of halogens is 3. The van der Waals surface area contributed by atoms with Crippen molar-refractivity contribution in [2.45, 2.75) is 51.8 Å². The lowest BCUT2D eigenvalue weighted by Gasteiger charge is -2.08. The Morgan fingerprint density at radius 1 is 0.714 bits per heavy atom. The van der Waals surface area contributed by atoms with Gasteiger partial charge < -0.3 is 9.47 Å². The SMILES string of the molecule is CCCCCCCCOc1ccc(C#Cc2ccc(OC(F)(F)F)cc2)cc1. The van der Waals surface area contributed by atoms with Crippen molar-refractivity contribution in [2.24, 2.45) is 0 Å². The number of rotatable bonds is 9. The summed E-state index contributed by atoms with van der Waals surface area (Å²) < 4.78 is 46.0. The molecule has 0 spiro atoms. The molecule has 0 heterocycles. The fraction of sp³-hybridized carbons (Fsp3) is 0.391. The van der Waals surface area contributed by atoms with E-state index < -0.39 is 6.36 Å². The minimum absolute atomic E-state index is 0.259. The maximum absolute atomic E-state index is 12.1. The topological polar surface area (TPSA) is 18.5 Å². The number of hydrogen-bond donors (Lipinski definition) is 0. The molecule has 2 aromatic carbocycles. The van der Waals surface area contributed by atoms with E-state index in [-0.39, 0.29) is 5.75 Å². The summed E-state index contributed by atoms with van der Waals surface area (Å²) in [7, 11) is 0. The first-order valence-corrected chi connectivity index (χ1v) is 9.57. The molecule has 2 nitrogen and oxygen atoms in total. The van der Waals surface area contributed by atoms with Gasteiger partial charge in [-0.25, -0.2) is 0 Å². The van der Waals surface area contributed by atoms with Crippen LogP contribution in [0.2, 0.25) is 0 Å². The van der Waals surface area contributed by atoms with Crippen molar-refractivity contribution in [3.63, 3.8) is 0 Å². The normalized spacial score (nSPS) is 10.9. The van der Waals surface area contributed by atoms with Gasteiger partial charge in [0.2, 0.25) is 0 Å². The molecule has 5 heteroatoms. The second-order valence-electron chi connectivity index (χ2n) is 6.46. The summed E-state index contributed by atoms with van der Waals surface area (Å²) in [5, 5.41) is 0. The minimum Gasteiger partial charge on any atom is -0.494 e. The van der Waals surface area contributed by atoms with Crippen molar-refractivity contribution in [3.05, 3.63) is 59.7 Å². The molecule has 0 aliphatic carbocycles. The summed E-state index contributed by atoms with van der Waals surface area (Å²) in [4.78, 5) is 0. The number of unbranched alkanes of at least 4 members (excludes halogenated alkanes) is 5. The molecule has 0 unspecified atom stereocenters. The molecule has 2 aromatic rings. The minimum atomic E-state index is -4.69. The van der Waals surface area contributed by atoms with Crippen LogP contribution in [0, 0.1) is 11.8 Å². The van der Waals surface area contributed by atoms with Crippen molar-refractivity contribution in [2.75, 3.05) is 6.61 Å². The van der Waals surface area contributed by atoms with Crippen LogP contribution in [0.5, 0.6) is 11.5 Å². The molecule has 0 N–H and O–H groups in total. The van der Waals surface area contributed by atoms with Gasteiger partial charge in [0.05, 0.1) is 6.61 Å². The zero-order chi connectivity index (χ0) is 20.2. The lowest BCUT2D eigenvalue weighted by molar-refractivity contribution is -0.274. The average molecular weight is 390 g/mol. The first kappa shape index (κ1) is 21.7. The molecule has 28 heavy (non-hydrogen) atoms. The molecule has 0 fully saturated rings. The largest absolute Gasteiger partial charge is 0.573 e. The van der Waals surface area contributed by atoms with Crippen molar-refractivity contribution in [1.29, 1.82) is 0 Å². The highest BCUT2D eigenvalue weighted by atomic mass is 19.4. The maximum atomic E-state index is 12.1. The first-order chi connectivity index (χ1) is 13.5. The summed E-state index contributed by atoms with van der Waals surface area (Å²) in [6.07, 6.45) is 2.66. The van der Waals surface area contributed by atoms with Gasteiger partial charge in [-0.15, -0.1) is 13.2 Å². The van der Waals surface area contributed by atoms with Crippen LogP contribution in [0.4, 0.5) is 13.2 Å². The fourth-order valence-corrected chi connectivity index (χ4v) is 2.59. The molecule has 0 bridgehead atoms. The summed E-state index contributed by atoms with van der Waals surface area (Å²) in [5.41, 5.74) is 1.42.